The molecule has 1 heterocycles. The summed E-state index contributed by atoms with van der Waals surface area (Å²) in [6.45, 7) is 6.30. The summed E-state index contributed by atoms with van der Waals surface area (Å²) < 4.78 is 5.14. The molecule has 0 aliphatic heterocycles. The third kappa shape index (κ3) is 3.04. The molecule has 5 heteroatoms. The molecule has 0 aromatic carbocycles. The molecule has 112 valence electrons. The van der Waals surface area contributed by atoms with E-state index in [9.17, 15) is 4.79 Å². The van der Waals surface area contributed by atoms with E-state index in [1.165, 1.54) is 17.8 Å². The fourth-order valence-corrected chi connectivity index (χ4v) is 3.95. The van der Waals surface area contributed by atoms with Gasteiger partial charge in [0.25, 0.3) is 0 Å². The van der Waals surface area contributed by atoms with Gasteiger partial charge in [0, 0.05) is 0 Å². The van der Waals surface area contributed by atoms with Crippen LogP contribution in [-0.2, 0) is 10.3 Å². The Morgan fingerprint density at radius 3 is 2.60 bits per heavy atom. The number of aromatic nitrogens is 1. The van der Waals surface area contributed by atoms with Crippen LogP contribution in [0.25, 0.3) is 0 Å². The summed E-state index contributed by atoms with van der Waals surface area (Å²) in [7, 11) is 0. The van der Waals surface area contributed by atoms with Crippen molar-refractivity contribution in [2.75, 3.05) is 6.61 Å². The lowest BCUT2D eigenvalue weighted by Crippen LogP contribution is -2.38. The summed E-state index contributed by atoms with van der Waals surface area (Å²) in [5.41, 5.74) is 7.02. The van der Waals surface area contributed by atoms with E-state index in [1.807, 2.05) is 20.8 Å². The maximum atomic E-state index is 12.1. The molecule has 4 nitrogen and oxygen atoms in total. The number of nitrogens with zero attached hydrogens (tertiary/aromatic N) is 1. The highest BCUT2D eigenvalue weighted by Crippen LogP contribution is 2.39. The molecule has 0 atom stereocenters. The van der Waals surface area contributed by atoms with Crippen molar-refractivity contribution in [3.05, 3.63) is 15.6 Å². The normalized spacial score (nSPS) is 18.2. The van der Waals surface area contributed by atoms with Gasteiger partial charge in [-0.15, -0.1) is 11.3 Å². The summed E-state index contributed by atoms with van der Waals surface area (Å²) in [4.78, 5) is 17.4. The van der Waals surface area contributed by atoms with Crippen molar-refractivity contribution in [2.24, 2.45) is 5.73 Å². The molecule has 0 bridgehead atoms. The third-order valence-electron chi connectivity index (χ3n) is 3.83. The first-order valence-electron chi connectivity index (χ1n) is 7.45. The first kappa shape index (κ1) is 15.4. The summed E-state index contributed by atoms with van der Waals surface area (Å²) in [5.74, 6) is -0.0639. The van der Waals surface area contributed by atoms with E-state index >= 15 is 0 Å². The molecule has 20 heavy (non-hydrogen) atoms. The number of thiazole rings is 1. The predicted octanol–water partition coefficient (Wildman–Crippen LogP) is 3.56. The lowest BCUT2D eigenvalue weighted by atomic mass is 9.83. The average molecular weight is 296 g/mol. The summed E-state index contributed by atoms with van der Waals surface area (Å²) in [6.07, 6.45) is 5.44. The van der Waals surface area contributed by atoms with Crippen molar-refractivity contribution in [3.8, 4) is 0 Å². The predicted molar refractivity (Wildman–Crippen MR) is 81.1 cm³/mol. The Kier molecular flexibility index (Phi) is 4.81. The minimum absolute atomic E-state index is 0.201. The van der Waals surface area contributed by atoms with Gasteiger partial charge in [-0.3, -0.25) is 0 Å². The van der Waals surface area contributed by atoms with Gasteiger partial charge in [-0.25, -0.2) is 9.78 Å². The van der Waals surface area contributed by atoms with E-state index in [0.717, 1.165) is 36.4 Å². The Hall–Kier alpha value is -0.940. The summed E-state index contributed by atoms with van der Waals surface area (Å²) in [6, 6.07) is 0. The summed E-state index contributed by atoms with van der Waals surface area (Å²) in [5, 5.41) is 0.906. The zero-order valence-electron chi connectivity index (χ0n) is 12.6. The van der Waals surface area contributed by atoms with Crippen molar-refractivity contribution in [2.45, 2.75) is 64.3 Å². The van der Waals surface area contributed by atoms with Gasteiger partial charge in [0.2, 0.25) is 0 Å². The number of hydrogen-bond donors (Lipinski definition) is 1. The van der Waals surface area contributed by atoms with E-state index < -0.39 is 0 Å². The Balaban J connectivity index is 2.35. The van der Waals surface area contributed by atoms with Gasteiger partial charge in [-0.2, -0.15) is 0 Å². The topological polar surface area (TPSA) is 65.2 Å². The smallest absolute Gasteiger partial charge is 0.350 e. The van der Waals surface area contributed by atoms with Gasteiger partial charge in [0.1, 0.15) is 9.88 Å². The molecule has 0 saturated heterocycles. The molecule has 1 fully saturated rings. The second kappa shape index (κ2) is 6.22. The van der Waals surface area contributed by atoms with E-state index in [2.05, 4.69) is 0 Å². The van der Waals surface area contributed by atoms with Crippen molar-refractivity contribution < 1.29 is 9.53 Å². The van der Waals surface area contributed by atoms with Gasteiger partial charge < -0.3 is 10.5 Å². The van der Waals surface area contributed by atoms with Crippen LogP contribution in [-0.4, -0.2) is 17.6 Å². The molecule has 0 radical (unpaired) electrons. The monoisotopic (exact) mass is 296 g/mol. The number of hydrogen-bond acceptors (Lipinski definition) is 5. The number of carbonyl (C=O) groups excluding carboxylic acids is 1. The van der Waals surface area contributed by atoms with Crippen LogP contribution >= 0.6 is 11.3 Å². The largest absolute Gasteiger partial charge is 0.462 e. The fraction of sp³-hybridized carbons (Fsp3) is 0.733. The SMILES string of the molecule is CCOC(=O)c1sc(C2(N)CCCCC2)nc1C(C)C. The first-order chi connectivity index (χ1) is 9.48. The zero-order valence-corrected chi connectivity index (χ0v) is 13.4. The van der Waals surface area contributed by atoms with Gasteiger partial charge in [0.05, 0.1) is 17.8 Å². The third-order valence-corrected chi connectivity index (χ3v) is 5.10. The molecular weight excluding hydrogens is 272 g/mol. The van der Waals surface area contributed by atoms with Crippen molar-refractivity contribution in [1.29, 1.82) is 0 Å². The number of rotatable bonds is 4. The molecule has 0 amide bonds. The number of carbonyl (C=O) groups is 1. The van der Waals surface area contributed by atoms with E-state index in [-0.39, 0.29) is 17.4 Å². The van der Waals surface area contributed by atoms with Crippen LogP contribution < -0.4 is 5.73 Å². The van der Waals surface area contributed by atoms with Crippen LogP contribution in [0, 0.1) is 0 Å². The van der Waals surface area contributed by atoms with Crippen LogP contribution in [0.2, 0.25) is 0 Å². The summed E-state index contributed by atoms with van der Waals surface area (Å²) >= 11 is 1.43. The van der Waals surface area contributed by atoms with E-state index in [0.29, 0.717) is 11.5 Å². The molecule has 0 spiro atoms. The van der Waals surface area contributed by atoms with Gasteiger partial charge >= 0.3 is 5.97 Å². The highest BCUT2D eigenvalue weighted by molar-refractivity contribution is 7.13. The molecule has 1 aliphatic carbocycles. The second-order valence-corrected chi connectivity index (χ2v) is 6.82. The van der Waals surface area contributed by atoms with Crippen LogP contribution in [0.15, 0.2) is 0 Å². The van der Waals surface area contributed by atoms with E-state index in [1.54, 1.807) is 0 Å². The zero-order chi connectivity index (χ0) is 14.8. The van der Waals surface area contributed by atoms with Crippen LogP contribution in [0.5, 0.6) is 0 Å². The molecule has 1 aliphatic rings. The van der Waals surface area contributed by atoms with Crippen LogP contribution in [0.1, 0.15) is 79.2 Å². The van der Waals surface area contributed by atoms with Gasteiger partial charge in [0.15, 0.2) is 0 Å². The molecule has 0 unspecified atom stereocenters. The van der Waals surface area contributed by atoms with Crippen LogP contribution in [0.4, 0.5) is 0 Å². The highest BCUT2D eigenvalue weighted by atomic mass is 32.1. The maximum absolute atomic E-state index is 12.1. The highest BCUT2D eigenvalue weighted by Gasteiger charge is 2.35. The first-order valence-corrected chi connectivity index (χ1v) is 8.27. The standard InChI is InChI=1S/C15H24N2O2S/c1-4-19-13(18)12-11(10(2)3)17-14(20-12)15(16)8-6-5-7-9-15/h10H,4-9,16H2,1-3H3. The number of esters is 1. The minimum atomic E-state index is -0.350. The number of nitrogens with two attached hydrogens (primary N) is 1. The Morgan fingerprint density at radius 2 is 2.05 bits per heavy atom. The molecule has 2 N–H and O–H groups in total. The van der Waals surface area contributed by atoms with Crippen molar-refractivity contribution >= 4 is 17.3 Å². The average Bonchev–Trinajstić information content (AvgIpc) is 2.86. The fourth-order valence-electron chi connectivity index (χ4n) is 2.68. The van der Waals surface area contributed by atoms with Gasteiger partial charge in [-0.1, -0.05) is 33.1 Å². The number of ether oxygens (including phenoxy) is 1. The lowest BCUT2D eigenvalue weighted by molar-refractivity contribution is 0.0530. The molecule has 1 saturated carbocycles. The second-order valence-electron chi connectivity index (χ2n) is 5.83. The Bertz CT molecular complexity index is 476. The van der Waals surface area contributed by atoms with Crippen molar-refractivity contribution in [1.82, 2.24) is 4.98 Å². The molecule has 1 aromatic heterocycles. The Labute approximate surface area is 124 Å². The minimum Gasteiger partial charge on any atom is -0.462 e. The van der Waals surface area contributed by atoms with E-state index in [4.69, 9.17) is 15.5 Å². The van der Waals surface area contributed by atoms with Crippen molar-refractivity contribution in [3.63, 3.8) is 0 Å². The maximum Gasteiger partial charge on any atom is 0.350 e. The molecule has 2 rings (SSSR count). The Morgan fingerprint density at radius 1 is 1.40 bits per heavy atom. The molecule has 1 aromatic rings. The van der Waals surface area contributed by atoms with Gasteiger partial charge in [-0.05, 0) is 25.7 Å². The lowest BCUT2D eigenvalue weighted by Gasteiger charge is -2.31. The molecular formula is C15H24N2O2S. The van der Waals surface area contributed by atoms with Crippen LogP contribution in [0.3, 0.4) is 0 Å². The quantitative estimate of drug-likeness (QED) is 0.863.